The number of benzene rings is 1. The molecule has 2 heterocycles. The van der Waals surface area contributed by atoms with Gasteiger partial charge in [0.2, 0.25) is 0 Å². The molecular weight excluding hydrogens is 316 g/mol. The van der Waals surface area contributed by atoms with Crippen molar-refractivity contribution >= 4 is 28.5 Å². The van der Waals surface area contributed by atoms with E-state index in [1.807, 2.05) is 13.0 Å². The summed E-state index contributed by atoms with van der Waals surface area (Å²) in [4.78, 5) is 22.3. The summed E-state index contributed by atoms with van der Waals surface area (Å²) in [7, 11) is 1.63. The topological polar surface area (TPSA) is 93.9 Å². The van der Waals surface area contributed by atoms with Crippen LogP contribution in [-0.4, -0.2) is 27.0 Å². The first-order valence-electron chi connectivity index (χ1n) is 6.84. The lowest BCUT2D eigenvalue weighted by Gasteiger charge is -2.08. The Labute approximate surface area is 136 Å². The van der Waals surface area contributed by atoms with Crippen molar-refractivity contribution in [2.75, 3.05) is 7.11 Å². The van der Waals surface area contributed by atoms with E-state index in [4.69, 9.17) is 4.74 Å². The highest BCUT2D eigenvalue weighted by molar-refractivity contribution is 7.98. The van der Waals surface area contributed by atoms with Gasteiger partial charge in [-0.05, 0) is 19.1 Å². The molecule has 118 valence electrons. The summed E-state index contributed by atoms with van der Waals surface area (Å²) in [6, 6.07) is 6.40. The molecule has 0 amide bonds. The number of methoxy groups -OCH3 is 1. The molecule has 0 unspecified atom stereocenters. The van der Waals surface area contributed by atoms with Gasteiger partial charge in [-0.25, -0.2) is 4.98 Å². The maximum atomic E-state index is 10.8. The zero-order valence-electron chi connectivity index (χ0n) is 12.6. The van der Waals surface area contributed by atoms with E-state index in [0.29, 0.717) is 21.9 Å². The number of nitrogens with zero attached hydrogens (tertiary/aromatic N) is 3. The molecular formula is C15H14N4O3S. The molecule has 8 heteroatoms. The number of aromatic amines is 1. The lowest BCUT2D eigenvalue weighted by Crippen LogP contribution is -1.95. The summed E-state index contributed by atoms with van der Waals surface area (Å²) >= 11 is 1.49. The van der Waals surface area contributed by atoms with Crippen molar-refractivity contribution < 1.29 is 9.66 Å². The number of pyridine rings is 1. The van der Waals surface area contributed by atoms with E-state index in [-0.39, 0.29) is 5.69 Å². The number of aromatic nitrogens is 3. The minimum Gasteiger partial charge on any atom is -0.496 e. The first-order valence-corrected chi connectivity index (χ1v) is 7.82. The number of ether oxygens (including phenoxy) is 1. The highest BCUT2D eigenvalue weighted by Gasteiger charge is 2.11. The summed E-state index contributed by atoms with van der Waals surface area (Å²) in [6.45, 7) is 1.96. The number of rotatable bonds is 5. The molecule has 0 radical (unpaired) electrons. The van der Waals surface area contributed by atoms with Crippen LogP contribution in [0.5, 0.6) is 5.75 Å². The molecule has 0 aliphatic heterocycles. The number of non-ortho nitro benzene ring substituents is 1. The molecule has 0 spiro atoms. The number of hydrogen-bond acceptors (Lipinski definition) is 6. The second-order valence-corrected chi connectivity index (χ2v) is 5.84. The van der Waals surface area contributed by atoms with Crippen molar-refractivity contribution in [1.82, 2.24) is 15.0 Å². The molecule has 23 heavy (non-hydrogen) atoms. The maximum Gasteiger partial charge on any atom is 0.271 e. The zero-order chi connectivity index (χ0) is 16.4. The van der Waals surface area contributed by atoms with E-state index in [9.17, 15) is 10.1 Å². The molecule has 0 atom stereocenters. The molecule has 0 fully saturated rings. The summed E-state index contributed by atoms with van der Waals surface area (Å²) in [5, 5.41) is 11.5. The Balaban J connectivity index is 1.81. The SMILES string of the molecule is COc1ccnc(CSc2nc3ccc([N+](=O)[O-])cc3[nH]2)c1C. The van der Waals surface area contributed by atoms with Crippen molar-refractivity contribution in [1.29, 1.82) is 0 Å². The molecule has 3 aromatic rings. The predicted octanol–water partition coefficient (Wildman–Crippen LogP) is 3.48. The van der Waals surface area contributed by atoms with Gasteiger partial charge in [0, 0.05) is 29.6 Å². The Morgan fingerprint density at radius 1 is 1.39 bits per heavy atom. The van der Waals surface area contributed by atoms with Gasteiger partial charge in [0.05, 0.1) is 28.8 Å². The third kappa shape index (κ3) is 3.11. The van der Waals surface area contributed by atoms with E-state index >= 15 is 0 Å². The minimum absolute atomic E-state index is 0.0445. The number of imidazole rings is 1. The van der Waals surface area contributed by atoms with Crippen LogP contribution in [0.25, 0.3) is 11.0 Å². The number of H-pyrrole nitrogens is 1. The first-order chi connectivity index (χ1) is 11.1. The van der Waals surface area contributed by atoms with Crippen LogP contribution >= 0.6 is 11.8 Å². The average Bonchev–Trinajstić information content (AvgIpc) is 2.95. The lowest BCUT2D eigenvalue weighted by atomic mass is 10.2. The standard InChI is InChI=1S/C15H14N4O3S/c1-9-13(16-6-5-14(9)22-2)8-23-15-17-11-4-3-10(19(20)21)7-12(11)18-15/h3-7H,8H2,1-2H3,(H,17,18). The Morgan fingerprint density at radius 2 is 2.22 bits per heavy atom. The second kappa shape index (κ2) is 6.25. The van der Waals surface area contributed by atoms with Gasteiger partial charge in [-0.1, -0.05) is 11.8 Å². The van der Waals surface area contributed by atoms with Crippen LogP contribution < -0.4 is 4.74 Å². The summed E-state index contributed by atoms with van der Waals surface area (Å²) < 4.78 is 5.28. The van der Waals surface area contributed by atoms with E-state index in [2.05, 4.69) is 15.0 Å². The lowest BCUT2D eigenvalue weighted by molar-refractivity contribution is -0.384. The van der Waals surface area contributed by atoms with E-state index in [0.717, 1.165) is 17.0 Å². The van der Waals surface area contributed by atoms with E-state index in [1.165, 1.54) is 23.9 Å². The Hall–Kier alpha value is -2.61. The monoisotopic (exact) mass is 330 g/mol. The van der Waals surface area contributed by atoms with Crippen molar-refractivity contribution in [3.05, 3.63) is 51.8 Å². The summed E-state index contributed by atoms with van der Waals surface area (Å²) in [5.74, 6) is 1.43. The number of hydrogen-bond donors (Lipinski definition) is 1. The molecule has 3 rings (SSSR count). The number of fused-ring (bicyclic) bond motifs is 1. The van der Waals surface area contributed by atoms with Crippen molar-refractivity contribution in [3.63, 3.8) is 0 Å². The first kappa shape index (κ1) is 15.3. The van der Waals surface area contributed by atoms with Crippen LogP contribution in [-0.2, 0) is 5.75 Å². The Morgan fingerprint density at radius 3 is 2.96 bits per heavy atom. The fraction of sp³-hybridized carbons (Fsp3) is 0.200. The van der Waals surface area contributed by atoms with Crippen LogP contribution in [0.1, 0.15) is 11.3 Å². The molecule has 1 N–H and O–H groups in total. The molecule has 7 nitrogen and oxygen atoms in total. The highest BCUT2D eigenvalue weighted by Crippen LogP contribution is 2.27. The summed E-state index contributed by atoms with van der Waals surface area (Å²) in [6.07, 6.45) is 1.71. The molecule has 1 aromatic carbocycles. The van der Waals surface area contributed by atoms with Gasteiger partial charge in [0.1, 0.15) is 5.75 Å². The average molecular weight is 330 g/mol. The highest BCUT2D eigenvalue weighted by atomic mass is 32.2. The molecule has 0 aliphatic carbocycles. The van der Waals surface area contributed by atoms with Crippen molar-refractivity contribution in [3.8, 4) is 5.75 Å². The van der Waals surface area contributed by atoms with Crippen LogP contribution in [0.4, 0.5) is 5.69 Å². The van der Waals surface area contributed by atoms with E-state index in [1.54, 1.807) is 19.4 Å². The fourth-order valence-corrected chi connectivity index (χ4v) is 3.13. The normalized spacial score (nSPS) is 10.9. The number of thioether (sulfide) groups is 1. The maximum absolute atomic E-state index is 10.8. The van der Waals surface area contributed by atoms with Crippen LogP contribution in [0.15, 0.2) is 35.6 Å². The summed E-state index contributed by atoms with van der Waals surface area (Å²) in [5.41, 5.74) is 3.31. The van der Waals surface area contributed by atoms with Gasteiger partial charge < -0.3 is 9.72 Å². The van der Waals surface area contributed by atoms with Gasteiger partial charge in [0.25, 0.3) is 5.69 Å². The van der Waals surface area contributed by atoms with Crippen LogP contribution in [0.2, 0.25) is 0 Å². The third-order valence-electron chi connectivity index (χ3n) is 3.48. The molecule has 0 saturated carbocycles. The third-order valence-corrected chi connectivity index (χ3v) is 4.36. The number of nitro benzene ring substituents is 1. The number of nitro groups is 1. The van der Waals surface area contributed by atoms with E-state index < -0.39 is 4.92 Å². The smallest absolute Gasteiger partial charge is 0.271 e. The van der Waals surface area contributed by atoms with Gasteiger partial charge >= 0.3 is 0 Å². The second-order valence-electron chi connectivity index (χ2n) is 4.87. The largest absolute Gasteiger partial charge is 0.496 e. The predicted molar refractivity (Wildman–Crippen MR) is 87.8 cm³/mol. The van der Waals surface area contributed by atoms with Crippen molar-refractivity contribution in [2.45, 2.75) is 17.8 Å². The molecule has 0 saturated heterocycles. The number of nitrogens with one attached hydrogen (secondary N) is 1. The van der Waals surface area contributed by atoms with Gasteiger partial charge in [-0.15, -0.1) is 0 Å². The molecule has 2 aromatic heterocycles. The Bertz CT molecular complexity index is 878. The van der Waals surface area contributed by atoms with Gasteiger partial charge in [0.15, 0.2) is 5.16 Å². The molecule has 0 aliphatic rings. The zero-order valence-corrected chi connectivity index (χ0v) is 13.4. The minimum atomic E-state index is -0.420. The quantitative estimate of drug-likeness (QED) is 0.437. The van der Waals surface area contributed by atoms with Crippen molar-refractivity contribution in [2.24, 2.45) is 0 Å². The van der Waals surface area contributed by atoms with Gasteiger partial charge in [-0.3, -0.25) is 15.1 Å². The van der Waals surface area contributed by atoms with Crippen LogP contribution in [0.3, 0.4) is 0 Å². The fourth-order valence-electron chi connectivity index (χ4n) is 2.22. The molecule has 0 bridgehead atoms. The Kier molecular flexibility index (Phi) is 4.16. The van der Waals surface area contributed by atoms with Crippen LogP contribution in [0, 0.1) is 17.0 Å². The van der Waals surface area contributed by atoms with Gasteiger partial charge in [-0.2, -0.15) is 0 Å².